The minimum absolute atomic E-state index is 0.0161. The molecule has 3 heteroatoms. The van der Waals surface area contributed by atoms with Gasteiger partial charge in [0, 0.05) is 11.6 Å². The second kappa shape index (κ2) is 5.86. The lowest BCUT2D eigenvalue weighted by molar-refractivity contribution is 0.108. The SMILES string of the molecule is CC(C)(N)CC1CCC(O[Si](C)(C)C(C)(C)C)CC1. The van der Waals surface area contributed by atoms with Crippen LogP contribution >= 0.6 is 0 Å². The Bertz CT molecular complexity index is 280. The summed E-state index contributed by atoms with van der Waals surface area (Å²) in [6.07, 6.45) is 6.69. The molecular formula is C16H35NOSi. The number of rotatable bonds is 4. The molecule has 0 aromatic carbocycles. The molecule has 1 saturated carbocycles. The van der Waals surface area contributed by atoms with Crippen LogP contribution in [0, 0.1) is 5.92 Å². The highest BCUT2D eigenvalue weighted by Gasteiger charge is 2.39. The maximum absolute atomic E-state index is 6.53. The molecule has 19 heavy (non-hydrogen) atoms. The van der Waals surface area contributed by atoms with E-state index in [0.29, 0.717) is 11.1 Å². The van der Waals surface area contributed by atoms with Gasteiger partial charge in [-0.05, 0) is 70.0 Å². The summed E-state index contributed by atoms with van der Waals surface area (Å²) in [5.41, 5.74) is 6.12. The molecule has 1 rings (SSSR count). The molecule has 0 aromatic rings. The van der Waals surface area contributed by atoms with Crippen molar-refractivity contribution < 1.29 is 4.43 Å². The number of hydrogen-bond acceptors (Lipinski definition) is 2. The monoisotopic (exact) mass is 285 g/mol. The van der Waals surface area contributed by atoms with E-state index in [1.807, 2.05) is 0 Å². The minimum atomic E-state index is -1.59. The summed E-state index contributed by atoms with van der Waals surface area (Å²) in [4.78, 5) is 0. The highest BCUT2D eigenvalue weighted by Crippen LogP contribution is 2.40. The lowest BCUT2D eigenvalue weighted by Crippen LogP contribution is -2.45. The van der Waals surface area contributed by atoms with Crippen molar-refractivity contribution in [2.24, 2.45) is 11.7 Å². The van der Waals surface area contributed by atoms with Gasteiger partial charge in [-0.1, -0.05) is 20.8 Å². The maximum atomic E-state index is 6.53. The first kappa shape index (κ1) is 17.2. The van der Waals surface area contributed by atoms with Crippen LogP contribution in [0.3, 0.4) is 0 Å². The Labute approximate surface area is 121 Å². The van der Waals surface area contributed by atoms with E-state index in [1.165, 1.54) is 25.7 Å². The van der Waals surface area contributed by atoms with Crippen molar-refractivity contribution in [3.05, 3.63) is 0 Å². The highest BCUT2D eigenvalue weighted by atomic mass is 28.4. The number of hydrogen-bond donors (Lipinski definition) is 1. The van der Waals surface area contributed by atoms with Crippen LogP contribution in [0.5, 0.6) is 0 Å². The third-order valence-electron chi connectivity index (χ3n) is 4.88. The Hall–Kier alpha value is 0.137. The molecule has 0 saturated heterocycles. The predicted molar refractivity (Wildman–Crippen MR) is 86.9 cm³/mol. The van der Waals surface area contributed by atoms with Gasteiger partial charge in [-0.3, -0.25) is 0 Å². The van der Waals surface area contributed by atoms with Gasteiger partial charge in [0.05, 0.1) is 0 Å². The van der Waals surface area contributed by atoms with Crippen molar-refractivity contribution in [3.8, 4) is 0 Å². The first-order chi connectivity index (χ1) is 8.41. The fourth-order valence-electron chi connectivity index (χ4n) is 2.79. The summed E-state index contributed by atoms with van der Waals surface area (Å²) in [5, 5.41) is 0.323. The third-order valence-corrected chi connectivity index (χ3v) is 9.41. The summed E-state index contributed by atoms with van der Waals surface area (Å²) in [7, 11) is -1.59. The molecule has 0 aliphatic heterocycles. The van der Waals surface area contributed by atoms with Crippen LogP contribution in [0.2, 0.25) is 18.1 Å². The van der Waals surface area contributed by atoms with Gasteiger partial charge >= 0.3 is 0 Å². The first-order valence-electron chi connectivity index (χ1n) is 7.87. The van der Waals surface area contributed by atoms with Crippen molar-refractivity contribution in [3.63, 3.8) is 0 Å². The maximum Gasteiger partial charge on any atom is 0.192 e. The van der Waals surface area contributed by atoms with Gasteiger partial charge in [0.1, 0.15) is 0 Å². The van der Waals surface area contributed by atoms with Gasteiger partial charge in [-0.25, -0.2) is 0 Å². The zero-order chi connectivity index (χ0) is 14.9. The summed E-state index contributed by atoms with van der Waals surface area (Å²) >= 11 is 0. The van der Waals surface area contributed by atoms with Crippen molar-refractivity contribution >= 4 is 8.32 Å². The van der Waals surface area contributed by atoms with Crippen LogP contribution in [0.15, 0.2) is 0 Å². The largest absolute Gasteiger partial charge is 0.414 e. The van der Waals surface area contributed by atoms with Crippen LogP contribution in [0.4, 0.5) is 0 Å². The molecule has 1 aliphatic rings. The summed E-state index contributed by atoms with van der Waals surface area (Å²) in [6, 6.07) is 0. The predicted octanol–water partition coefficient (Wildman–Crippen LogP) is 4.69. The van der Waals surface area contributed by atoms with Crippen molar-refractivity contribution in [2.75, 3.05) is 0 Å². The summed E-state index contributed by atoms with van der Waals surface area (Å²) in [6.45, 7) is 16.0. The first-order valence-corrected chi connectivity index (χ1v) is 10.8. The van der Waals surface area contributed by atoms with E-state index >= 15 is 0 Å². The van der Waals surface area contributed by atoms with Crippen LogP contribution < -0.4 is 5.73 Å². The van der Waals surface area contributed by atoms with Crippen LogP contribution in [0.1, 0.15) is 66.7 Å². The van der Waals surface area contributed by atoms with E-state index in [9.17, 15) is 0 Å². The lowest BCUT2D eigenvalue weighted by atomic mass is 9.80. The van der Waals surface area contributed by atoms with Gasteiger partial charge in [0.2, 0.25) is 0 Å². The Kier molecular flexibility index (Phi) is 5.31. The molecule has 0 atom stereocenters. The fourth-order valence-corrected chi connectivity index (χ4v) is 4.21. The lowest BCUT2D eigenvalue weighted by Gasteiger charge is -2.41. The van der Waals surface area contributed by atoms with Crippen molar-refractivity contribution in [1.29, 1.82) is 0 Å². The third kappa shape index (κ3) is 5.56. The Morgan fingerprint density at radius 2 is 1.47 bits per heavy atom. The average molecular weight is 286 g/mol. The van der Waals surface area contributed by atoms with E-state index in [0.717, 1.165) is 12.3 Å². The smallest absolute Gasteiger partial charge is 0.192 e. The van der Waals surface area contributed by atoms with Gasteiger partial charge in [-0.15, -0.1) is 0 Å². The molecular weight excluding hydrogens is 250 g/mol. The molecule has 0 radical (unpaired) electrons. The summed E-state index contributed by atoms with van der Waals surface area (Å²) in [5.74, 6) is 0.805. The van der Waals surface area contributed by atoms with Gasteiger partial charge in [0.15, 0.2) is 8.32 Å². The van der Waals surface area contributed by atoms with E-state index < -0.39 is 8.32 Å². The zero-order valence-electron chi connectivity index (χ0n) is 14.2. The van der Waals surface area contributed by atoms with Crippen molar-refractivity contribution in [2.45, 2.75) is 96.5 Å². The highest BCUT2D eigenvalue weighted by molar-refractivity contribution is 6.74. The van der Waals surface area contributed by atoms with E-state index in [2.05, 4.69) is 47.7 Å². The molecule has 2 nitrogen and oxygen atoms in total. The Morgan fingerprint density at radius 3 is 1.84 bits per heavy atom. The van der Waals surface area contributed by atoms with Gasteiger partial charge in [-0.2, -0.15) is 0 Å². The zero-order valence-corrected chi connectivity index (χ0v) is 15.2. The quantitative estimate of drug-likeness (QED) is 0.760. The standard InChI is InChI=1S/C16H35NOSi/c1-15(2,3)19(6,7)18-14-10-8-13(9-11-14)12-16(4,5)17/h13-14H,8-12,17H2,1-7H3. The van der Waals surface area contributed by atoms with Crippen molar-refractivity contribution in [1.82, 2.24) is 0 Å². The van der Waals surface area contributed by atoms with Crippen LogP contribution in [-0.2, 0) is 4.43 Å². The minimum Gasteiger partial charge on any atom is -0.414 e. The summed E-state index contributed by atoms with van der Waals surface area (Å²) < 4.78 is 6.53. The second-order valence-electron chi connectivity index (χ2n) is 8.71. The molecule has 114 valence electrons. The molecule has 0 aromatic heterocycles. The van der Waals surface area contributed by atoms with Gasteiger partial charge < -0.3 is 10.2 Å². The Morgan fingerprint density at radius 1 is 1.00 bits per heavy atom. The second-order valence-corrected chi connectivity index (χ2v) is 13.5. The molecule has 0 unspecified atom stereocenters. The Balaban J connectivity index is 2.43. The fraction of sp³-hybridized carbons (Fsp3) is 1.00. The van der Waals surface area contributed by atoms with E-state index in [1.54, 1.807) is 0 Å². The van der Waals surface area contributed by atoms with Crippen LogP contribution in [0.25, 0.3) is 0 Å². The molecule has 1 aliphatic carbocycles. The topological polar surface area (TPSA) is 35.2 Å². The van der Waals surface area contributed by atoms with E-state index in [4.69, 9.17) is 10.2 Å². The average Bonchev–Trinajstić information content (AvgIpc) is 2.16. The molecule has 2 N–H and O–H groups in total. The molecule has 0 heterocycles. The van der Waals surface area contributed by atoms with Gasteiger partial charge in [0.25, 0.3) is 0 Å². The normalized spacial score (nSPS) is 26.5. The number of nitrogens with two attached hydrogens (primary N) is 1. The molecule has 1 fully saturated rings. The van der Waals surface area contributed by atoms with E-state index in [-0.39, 0.29) is 5.54 Å². The molecule has 0 spiro atoms. The van der Waals surface area contributed by atoms with Crippen LogP contribution in [-0.4, -0.2) is 20.0 Å². The molecule has 0 bridgehead atoms. The molecule has 0 amide bonds.